The van der Waals surface area contributed by atoms with Gasteiger partial charge in [-0.2, -0.15) is 0 Å². The lowest BCUT2D eigenvalue weighted by atomic mass is 9.71. The Balaban J connectivity index is 1.93. The molecule has 1 aliphatic heterocycles. The monoisotopic (exact) mass is 240 g/mol. The van der Waals surface area contributed by atoms with Gasteiger partial charge in [0.15, 0.2) is 0 Å². The van der Waals surface area contributed by atoms with E-state index >= 15 is 0 Å². The van der Waals surface area contributed by atoms with Crippen LogP contribution >= 0.6 is 0 Å². The number of aliphatic hydroxyl groups is 1. The van der Waals surface area contributed by atoms with Gasteiger partial charge in [-0.25, -0.2) is 0 Å². The summed E-state index contributed by atoms with van der Waals surface area (Å²) >= 11 is 0. The third-order valence-corrected chi connectivity index (χ3v) is 4.67. The molecule has 1 aliphatic carbocycles. The maximum absolute atomic E-state index is 9.98. The predicted octanol–water partition coefficient (Wildman–Crippen LogP) is 2.63. The first-order valence-electron chi connectivity index (χ1n) is 6.85. The van der Waals surface area contributed by atoms with E-state index in [2.05, 4.69) is 27.7 Å². The summed E-state index contributed by atoms with van der Waals surface area (Å²) in [6.45, 7) is 8.29. The first kappa shape index (κ1) is 13.4. The summed E-state index contributed by atoms with van der Waals surface area (Å²) in [6, 6.07) is 0. The van der Waals surface area contributed by atoms with Gasteiger partial charge in [0.2, 0.25) is 0 Å². The molecule has 0 radical (unpaired) electrons. The largest absolute Gasteiger partial charge is 0.458 e. The molecule has 3 nitrogen and oxygen atoms in total. The molecule has 2 aliphatic rings. The molecule has 0 amide bonds. The average Bonchev–Trinajstić information content (AvgIpc) is 2.39. The van der Waals surface area contributed by atoms with E-state index < -0.39 is 0 Å². The van der Waals surface area contributed by atoms with E-state index in [0.29, 0.717) is 5.92 Å². The summed E-state index contributed by atoms with van der Waals surface area (Å²) in [5.74, 6) is 0.346. The van der Waals surface area contributed by atoms with E-state index in [9.17, 15) is 5.11 Å². The van der Waals surface area contributed by atoms with Crippen molar-refractivity contribution in [3.8, 4) is 0 Å². The summed E-state index contributed by atoms with van der Waals surface area (Å²) in [4.78, 5) is 0. The number of hydrogen-bond acceptors (Lipinski definition) is 3. The Kier molecular flexibility index (Phi) is 3.59. The van der Waals surface area contributed by atoms with Crippen LogP contribution in [0, 0.1) is 5.92 Å². The zero-order valence-electron chi connectivity index (χ0n) is 11.5. The third kappa shape index (κ3) is 2.69. The predicted molar refractivity (Wildman–Crippen MR) is 68.9 cm³/mol. The molecule has 1 heterocycles. The SMILES string of the molecule is CC1(C)OB(CC2CCCCC2O)OC1(C)C. The first-order valence-corrected chi connectivity index (χ1v) is 6.85. The quantitative estimate of drug-likeness (QED) is 0.754. The molecular weight excluding hydrogens is 215 g/mol. The maximum Gasteiger partial charge on any atom is 0.458 e. The van der Waals surface area contributed by atoms with E-state index in [0.717, 1.165) is 25.6 Å². The highest BCUT2D eigenvalue weighted by atomic mass is 16.7. The van der Waals surface area contributed by atoms with Gasteiger partial charge in [-0.1, -0.05) is 12.8 Å². The average molecular weight is 240 g/mol. The fourth-order valence-electron chi connectivity index (χ4n) is 2.77. The van der Waals surface area contributed by atoms with Crippen LogP contribution in [0.2, 0.25) is 6.32 Å². The molecule has 1 saturated heterocycles. The van der Waals surface area contributed by atoms with Gasteiger partial charge in [0, 0.05) is 0 Å². The summed E-state index contributed by atoms with van der Waals surface area (Å²) in [5, 5.41) is 9.98. The molecule has 17 heavy (non-hydrogen) atoms. The Morgan fingerprint density at radius 3 is 2.12 bits per heavy atom. The fraction of sp³-hybridized carbons (Fsp3) is 1.00. The van der Waals surface area contributed by atoms with Gasteiger partial charge in [-0.05, 0) is 52.8 Å². The van der Waals surface area contributed by atoms with Crippen molar-refractivity contribution >= 4 is 7.12 Å². The highest BCUT2D eigenvalue weighted by molar-refractivity contribution is 6.45. The fourth-order valence-corrected chi connectivity index (χ4v) is 2.77. The minimum Gasteiger partial charge on any atom is -0.403 e. The van der Waals surface area contributed by atoms with Crippen molar-refractivity contribution < 1.29 is 14.4 Å². The number of rotatable bonds is 2. The molecule has 98 valence electrons. The maximum atomic E-state index is 9.98. The molecule has 1 saturated carbocycles. The Bertz CT molecular complexity index is 262. The van der Waals surface area contributed by atoms with Crippen LogP contribution in [0.1, 0.15) is 53.4 Å². The number of aliphatic hydroxyl groups excluding tert-OH is 1. The van der Waals surface area contributed by atoms with Crippen molar-refractivity contribution in [2.75, 3.05) is 0 Å². The lowest BCUT2D eigenvalue weighted by Gasteiger charge is -2.32. The van der Waals surface area contributed by atoms with Gasteiger partial charge in [0.05, 0.1) is 17.3 Å². The van der Waals surface area contributed by atoms with E-state index in [4.69, 9.17) is 9.31 Å². The molecule has 2 atom stereocenters. The lowest BCUT2D eigenvalue weighted by molar-refractivity contribution is 0.00578. The van der Waals surface area contributed by atoms with Crippen molar-refractivity contribution in [2.45, 2.75) is 77.0 Å². The molecule has 2 fully saturated rings. The molecular formula is C13H25BO3. The van der Waals surface area contributed by atoms with Gasteiger partial charge in [-0.15, -0.1) is 0 Å². The molecule has 1 N–H and O–H groups in total. The van der Waals surface area contributed by atoms with Crippen LogP contribution < -0.4 is 0 Å². The molecule has 0 aromatic carbocycles. The Morgan fingerprint density at radius 1 is 1.06 bits per heavy atom. The van der Waals surface area contributed by atoms with Crippen LogP contribution in [0.15, 0.2) is 0 Å². The minimum atomic E-state index is -0.253. The molecule has 0 aromatic heterocycles. The molecule has 2 unspecified atom stereocenters. The number of hydrogen-bond donors (Lipinski definition) is 1. The van der Waals surface area contributed by atoms with Crippen molar-refractivity contribution in [3.63, 3.8) is 0 Å². The van der Waals surface area contributed by atoms with Gasteiger partial charge in [0.1, 0.15) is 0 Å². The highest BCUT2D eigenvalue weighted by Gasteiger charge is 2.51. The topological polar surface area (TPSA) is 38.7 Å². The van der Waals surface area contributed by atoms with E-state index in [-0.39, 0.29) is 24.4 Å². The summed E-state index contributed by atoms with van der Waals surface area (Å²) in [6.07, 6.45) is 5.08. The second-order valence-corrected chi connectivity index (χ2v) is 6.53. The van der Waals surface area contributed by atoms with Crippen LogP contribution in [0.3, 0.4) is 0 Å². The first-order chi connectivity index (χ1) is 7.82. The normalized spacial score (nSPS) is 36.2. The van der Waals surface area contributed by atoms with E-state index in [1.54, 1.807) is 0 Å². The van der Waals surface area contributed by atoms with Gasteiger partial charge >= 0.3 is 7.12 Å². The van der Waals surface area contributed by atoms with E-state index in [1.165, 1.54) is 6.42 Å². The van der Waals surface area contributed by atoms with Crippen molar-refractivity contribution in [2.24, 2.45) is 5.92 Å². The summed E-state index contributed by atoms with van der Waals surface area (Å²) in [5.41, 5.74) is -0.505. The molecule has 4 heteroatoms. The summed E-state index contributed by atoms with van der Waals surface area (Å²) < 4.78 is 12.0. The molecule has 2 rings (SSSR count). The Hall–Kier alpha value is -0.0551. The molecule has 0 aromatic rings. The van der Waals surface area contributed by atoms with Crippen LogP contribution in [-0.4, -0.2) is 29.5 Å². The highest BCUT2D eigenvalue weighted by Crippen LogP contribution is 2.40. The second kappa shape index (κ2) is 4.56. The summed E-state index contributed by atoms with van der Waals surface area (Å²) in [7, 11) is -0.155. The zero-order valence-corrected chi connectivity index (χ0v) is 11.5. The lowest BCUT2D eigenvalue weighted by Crippen LogP contribution is -2.41. The van der Waals surface area contributed by atoms with Crippen molar-refractivity contribution in [1.29, 1.82) is 0 Å². The van der Waals surface area contributed by atoms with Crippen molar-refractivity contribution in [1.82, 2.24) is 0 Å². The van der Waals surface area contributed by atoms with Gasteiger partial charge in [-0.3, -0.25) is 0 Å². The van der Waals surface area contributed by atoms with E-state index in [1.807, 2.05) is 0 Å². The van der Waals surface area contributed by atoms with Gasteiger partial charge in [0.25, 0.3) is 0 Å². The van der Waals surface area contributed by atoms with Crippen LogP contribution in [0.25, 0.3) is 0 Å². The molecule has 0 bridgehead atoms. The smallest absolute Gasteiger partial charge is 0.403 e. The van der Waals surface area contributed by atoms with Crippen molar-refractivity contribution in [3.05, 3.63) is 0 Å². The third-order valence-electron chi connectivity index (χ3n) is 4.67. The minimum absolute atomic E-state index is 0.155. The van der Waals surface area contributed by atoms with Gasteiger partial charge < -0.3 is 14.4 Å². The zero-order chi connectivity index (χ0) is 12.7. The van der Waals surface area contributed by atoms with Crippen LogP contribution in [0.5, 0.6) is 0 Å². The molecule has 0 spiro atoms. The van der Waals surface area contributed by atoms with Crippen LogP contribution in [0.4, 0.5) is 0 Å². The second-order valence-electron chi connectivity index (χ2n) is 6.53. The van der Waals surface area contributed by atoms with Crippen LogP contribution in [-0.2, 0) is 9.31 Å². The Morgan fingerprint density at radius 2 is 1.59 bits per heavy atom. The standard InChI is InChI=1S/C13H25BO3/c1-12(2)13(3,4)17-14(16-12)9-10-7-5-6-8-11(10)15/h10-11,15H,5-9H2,1-4H3. The Labute approximate surface area is 105 Å².